The van der Waals surface area contributed by atoms with Crippen LogP contribution in [0.15, 0.2) is 0 Å². The Bertz CT molecular complexity index is 251. The molecule has 2 rings (SSSR count). The first-order valence-corrected chi connectivity index (χ1v) is 7.18. The number of hydrogen-bond acceptors (Lipinski definition) is 3. The molecule has 2 saturated carbocycles. The lowest BCUT2D eigenvalue weighted by atomic mass is 9.86. The summed E-state index contributed by atoms with van der Waals surface area (Å²) in [4.78, 5) is 12.3. The van der Waals surface area contributed by atoms with Gasteiger partial charge in [-0.05, 0) is 38.5 Å². The Morgan fingerprint density at radius 3 is 2.18 bits per heavy atom. The fourth-order valence-electron chi connectivity index (χ4n) is 3.18. The minimum Gasteiger partial charge on any atom is -0.462 e. The molecule has 2 aliphatic rings. The molecule has 0 saturated heterocycles. The third-order valence-electron chi connectivity index (χ3n) is 4.46. The Morgan fingerprint density at radius 1 is 1.06 bits per heavy atom. The number of esters is 1. The Kier molecular flexibility index (Phi) is 4.43. The number of ether oxygens (including phenoxy) is 1. The predicted molar refractivity (Wildman–Crippen MR) is 67.5 cm³/mol. The molecule has 3 heteroatoms. The molecule has 17 heavy (non-hydrogen) atoms. The van der Waals surface area contributed by atoms with Crippen LogP contribution in [0.25, 0.3) is 0 Å². The van der Waals surface area contributed by atoms with Crippen molar-refractivity contribution in [2.24, 2.45) is 11.1 Å². The highest BCUT2D eigenvalue weighted by atomic mass is 16.5. The van der Waals surface area contributed by atoms with Crippen molar-refractivity contribution in [1.82, 2.24) is 0 Å². The molecule has 2 fully saturated rings. The van der Waals surface area contributed by atoms with E-state index in [9.17, 15) is 4.79 Å². The zero-order chi connectivity index (χ0) is 12.1. The quantitative estimate of drug-likeness (QED) is 0.608. The van der Waals surface area contributed by atoms with Gasteiger partial charge in [0.05, 0.1) is 5.41 Å². The van der Waals surface area contributed by atoms with Gasteiger partial charge in [0.2, 0.25) is 0 Å². The zero-order valence-electron chi connectivity index (χ0n) is 10.7. The van der Waals surface area contributed by atoms with Crippen molar-refractivity contribution in [3.63, 3.8) is 0 Å². The number of rotatable bonds is 3. The molecule has 0 aromatic carbocycles. The Hall–Kier alpha value is -0.570. The van der Waals surface area contributed by atoms with Crippen LogP contribution >= 0.6 is 0 Å². The fraction of sp³-hybridized carbons (Fsp3) is 0.929. The first-order chi connectivity index (χ1) is 8.27. The first-order valence-electron chi connectivity index (χ1n) is 7.18. The lowest BCUT2D eigenvalue weighted by Crippen LogP contribution is -2.39. The van der Waals surface area contributed by atoms with Gasteiger partial charge >= 0.3 is 5.97 Å². The minimum absolute atomic E-state index is 0.00981. The minimum atomic E-state index is -0.341. The molecule has 0 heterocycles. The molecule has 0 aromatic rings. The Labute approximate surface area is 104 Å². The van der Waals surface area contributed by atoms with Crippen LogP contribution in [0.2, 0.25) is 0 Å². The smallest absolute Gasteiger partial charge is 0.313 e. The Balaban J connectivity index is 1.90. The standard InChI is InChI=1S/C14H25NO2/c15-11-14(9-5-6-10-14)13(16)17-12-7-3-1-2-4-8-12/h12H,1-11,15H2. The van der Waals surface area contributed by atoms with Crippen molar-refractivity contribution in [1.29, 1.82) is 0 Å². The van der Waals surface area contributed by atoms with Gasteiger partial charge in [0.1, 0.15) is 6.10 Å². The van der Waals surface area contributed by atoms with Gasteiger partial charge in [0, 0.05) is 6.54 Å². The maximum atomic E-state index is 12.3. The zero-order valence-corrected chi connectivity index (χ0v) is 10.7. The van der Waals surface area contributed by atoms with Crippen LogP contribution in [-0.2, 0) is 9.53 Å². The van der Waals surface area contributed by atoms with E-state index >= 15 is 0 Å². The van der Waals surface area contributed by atoms with Crippen LogP contribution in [0, 0.1) is 5.41 Å². The van der Waals surface area contributed by atoms with E-state index in [1.54, 1.807) is 0 Å². The second-order valence-corrected chi connectivity index (χ2v) is 5.71. The highest BCUT2D eigenvalue weighted by Gasteiger charge is 2.42. The van der Waals surface area contributed by atoms with Crippen LogP contribution in [0.4, 0.5) is 0 Å². The third-order valence-corrected chi connectivity index (χ3v) is 4.46. The van der Waals surface area contributed by atoms with Crippen molar-refractivity contribution < 1.29 is 9.53 Å². The van der Waals surface area contributed by atoms with Crippen molar-refractivity contribution in [3.05, 3.63) is 0 Å². The van der Waals surface area contributed by atoms with Crippen LogP contribution in [0.3, 0.4) is 0 Å². The van der Waals surface area contributed by atoms with Gasteiger partial charge in [-0.15, -0.1) is 0 Å². The SMILES string of the molecule is NCC1(C(=O)OC2CCCCCC2)CCCC1. The maximum Gasteiger partial charge on any atom is 0.313 e. The van der Waals surface area contributed by atoms with Gasteiger partial charge in [0.15, 0.2) is 0 Å². The van der Waals surface area contributed by atoms with Gasteiger partial charge in [-0.25, -0.2) is 0 Å². The molecular formula is C14H25NO2. The first kappa shape index (κ1) is 12.9. The van der Waals surface area contributed by atoms with Gasteiger partial charge in [-0.2, -0.15) is 0 Å². The molecule has 0 radical (unpaired) electrons. The molecule has 0 unspecified atom stereocenters. The van der Waals surface area contributed by atoms with Crippen LogP contribution in [0.1, 0.15) is 64.2 Å². The fourth-order valence-corrected chi connectivity index (χ4v) is 3.18. The lowest BCUT2D eigenvalue weighted by molar-refractivity contribution is -0.161. The highest BCUT2D eigenvalue weighted by Crippen LogP contribution is 2.39. The second kappa shape index (κ2) is 5.85. The molecule has 3 nitrogen and oxygen atoms in total. The summed E-state index contributed by atoms with van der Waals surface area (Å²) >= 11 is 0. The van der Waals surface area contributed by atoms with Gasteiger partial charge < -0.3 is 10.5 Å². The number of hydrogen-bond donors (Lipinski definition) is 1. The topological polar surface area (TPSA) is 52.3 Å². The summed E-state index contributed by atoms with van der Waals surface area (Å²) in [6.45, 7) is 0.457. The maximum absolute atomic E-state index is 12.3. The summed E-state index contributed by atoms with van der Waals surface area (Å²) in [5.41, 5.74) is 5.46. The van der Waals surface area contributed by atoms with Crippen molar-refractivity contribution >= 4 is 5.97 Å². The summed E-state index contributed by atoms with van der Waals surface area (Å²) in [7, 11) is 0. The van der Waals surface area contributed by atoms with Crippen molar-refractivity contribution in [3.8, 4) is 0 Å². The lowest BCUT2D eigenvalue weighted by Gasteiger charge is -2.27. The van der Waals surface area contributed by atoms with Crippen LogP contribution in [-0.4, -0.2) is 18.6 Å². The van der Waals surface area contributed by atoms with E-state index in [-0.39, 0.29) is 17.5 Å². The summed E-state index contributed by atoms with van der Waals surface area (Å²) in [5.74, 6) is -0.00981. The second-order valence-electron chi connectivity index (χ2n) is 5.71. The van der Waals surface area contributed by atoms with Crippen LogP contribution < -0.4 is 5.73 Å². The van der Waals surface area contributed by atoms with Gasteiger partial charge in [-0.1, -0.05) is 25.7 Å². The predicted octanol–water partition coefficient (Wildman–Crippen LogP) is 2.77. The van der Waals surface area contributed by atoms with Gasteiger partial charge in [-0.3, -0.25) is 4.79 Å². The molecule has 2 N–H and O–H groups in total. The summed E-state index contributed by atoms with van der Waals surface area (Å²) in [6, 6.07) is 0. The molecule has 0 aliphatic heterocycles. The van der Waals surface area contributed by atoms with E-state index in [1.165, 1.54) is 25.7 Å². The molecule has 0 atom stereocenters. The largest absolute Gasteiger partial charge is 0.462 e. The van der Waals surface area contributed by atoms with E-state index in [0.29, 0.717) is 6.54 Å². The number of nitrogens with two attached hydrogens (primary N) is 1. The monoisotopic (exact) mass is 239 g/mol. The molecule has 0 amide bonds. The van der Waals surface area contributed by atoms with Gasteiger partial charge in [0.25, 0.3) is 0 Å². The summed E-state index contributed by atoms with van der Waals surface area (Å²) in [5, 5.41) is 0. The molecular weight excluding hydrogens is 214 g/mol. The van der Waals surface area contributed by atoms with E-state index in [4.69, 9.17) is 10.5 Å². The highest BCUT2D eigenvalue weighted by molar-refractivity contribution is 5.77. The van der Waals surface area contributed by atoms with E-state index in [1.807, 2.05) is 0 Å². The third kappa shape index (κ3) is 3.01. The van der Waals surface area contributed by atoms with Crippen LogP contribution in [0.5, 0.6) is 0 Å². The molecule has 98 valence electrons. The van der Waals surface area contributed by atoms with Crippen molar-refractivity contribution in [2.75, 3.05) is 6.54 Å². The molecule has 0 spiro atoms. The Morgan fingerprint density at radius 2 is 1.65 bits per heavy atom. The average molecular weight is 239 g/mol. The normalized spacial score (nSPS) is 25.5. The van der Waals surface area contributed by atoms with Crippen molar-refractivity contribution in [2.45, 2.75) is 70.3 Å². The average Bonchev–Trinajstić information content (AvgIpc) is 2.70. The van der Waals surface area contributed by atoms with E-state index in [2.05, 4.69) is 0 Å². The molecule has 0 bridgehead atoms. The molecule has 0 aromatic heterocycles. The van der Waals surface area contributed by atoms with E-state index < -0.39 is 0 Å². The van der Waals surface area contributed by atoms with E-state index in [0.717, 1.165) is 38.5 Å². The summed E-state index contributed by atoms with van der Waals surface area (Å²) in [6.07, 6.45) is 11.3. The number of carbonyl (C=O) groups excluding carboxylic acids is 1. The molecule has 2 aliphatic carbocycles. The summed E-state index contributed by atoms with van der Waals surface area (Å²) < 4.78 is 5.73. The number of carbonyl (C=O) groups is 1.